The summed E-state index contributed by atoms with van der Waals surface area (Å²) in [7, 11) is 0. The van der Waals surface area contributed by atoms with Crippen LogP contribution in [0, 0.1) is 12.7 Å². The summed E-state index contributed by atoms with van der Waals surface area (Å²) in [5, 5.41) is 8.81. The largest absolute Gasteiger partial charge is 0.455 e. The van der Waals surface area contributed by atoms with Gasteiger partial charge in [0.25, 0.3) is 0 Å². The lowest BCUT2D eigenvalue weighted by atomic mass is 9.91. The second-order valence-electron chi connectivity index (χ2n) is 11.7. The molecule has 1 aliphatic carbocycles. The molecule has 0 spiro atoms. The van der Waals surface area contributed by atoms with Crippen LogP contribution in [0.3, 0.4) is 0 Å². The SMILES string of the molecule is CCC(=O)c1c(-c2ccc(F)cc2)oc2ccc(-c3cc(C(=O)CC4(c5nc(-c6ccc(Cl)cc6)n[nH]5)CC4)ccc3C)cc12. The van der Waals surface area contributed by atoms with E-state index in [1.807, 2.05) is 62.4 Å². The first kappa shape index (κ1) is 28.9. The first-order valence-corrected chi connectivity index (χ1v) is 15.3. The number of carbonyl (C=O) groups is 2. The number of nitrogens with one attached hydrogen (secondary N) is 1. The highest BCUT2D eigenvalue weighted by molar-refractivity contribution is 6.30. The number of halogens is 2. The van der Waals surface area contributed by atoms with Gasteiger partial charge in [-0.1, -0.05) is 36.7 Å². The molecule has 45 heavy (non-hydrogen) atoms. The minimum absolute atomic E-state index is 0.0306. The van der Waals surface area contributed by atoms with Gasteiger partial charge in [-0.3, -0.25) is 14.7 Å². The van der Waals surface area contributed by atoms with Crippen molar-refractivity contribution < 1.29 is 18.4 Å². The Morgan fingerprint density at radius 1 is 0.911 bits per heavy atom. The maximum atomic E-state index is 13.7. The summed E-state index contributed by atoms with van der Waals surface area (Å²) in [6.45, 7) is 3.81. The van der Waals surface area contributed by atoms with Gasteiger partial charge in [0, 0.05) is 45.4 Å². The van der Waals surface area contributed by atoms with Gasteiger partial charge in [0.2, 0.25) is 0 Å². The first-order valence-electron chi connectivity index (χ1n) is 14.9. The molecule has 0 amide bonds. The number of aryl methyl sites for hydroxylation is 1. The van der Waals surface area contributed by atoms with Crippen molar-refractivity contribution in [2.75, 3.05) is 0 Å². The molecule has 1 saturated carbocycles. The van der Waals surface area contributed by atoms with E-state index in [4.69, 9.17) is 21.0 Å². The second kappa shape index (κ2) is 11.2. The number of fused-ring (bicyclic) bond motifs is 1. The first-order chi connectivity index (χ1) is 21.7. The number of benzene rings is 4. The minimum atomic E-state index is -0.360. The molecule has 0 radical (unpaired) electrons. The Labute approximate surface area is 264 Å². The standard InChI is InChI=1S/C37H29ClFN3O3/c1-3-30(43)33-29-18-24(10-15-32(29)45-34(33)22-8-13-27(39)14-9-22)28-19-25(5-4-21(28)2)31(44)20-37(16-17-37)36-40-35(41-42-36)23-6-11-26(38)12-7-23/h4-15,18-19H,3,16-17,20H2,1-2H3,(H,40,41,42). The minimum Gasteiger partial charge on any atom is -0.455 e. The van der Waals surface area contributed by atoms with E-state index in [2.05, 4.69) is 10.2 Å². The van der Waals surface area contributed by atoms with Crippen LogP contribution in [-0.4, -0.2) is 26.7 Å². The molecular formula is C37H29ClFN3O3. The van der Waals surface area contributed by atoms with Gasteiger partial charge in [-0.25, -0.2) is 9.37 Å². The number of rotatable bonds is 9. The van der Waals surface area contributed by atoms with Crippen LogP contribution >= 0.6 is 11.6 Å². The molecule has 6 aromatic rings. The van der Waals surface area contributed by atoms with Crippen molar-refractivity contribution in [1.82, 2.24) is 15.2 Å². The van der Waals surface area contributed by atoms with Crippen molar-refractivity contribution in [1.29, 1.82) is 0 Å². The maximum absolute atomic E-state index is 13.7. The molecule has 6 nitrogen and oxygen atoms in total. The number of aromatic nitrogens is 3. The van der Waals surface area contributed by atoms with Crippen LogP contribution in [0.25, 0.3) is 44.8 Å². The van der Waals surface area contributed by atoms with E-state index in [1.165, 1.54) is 12.1 Å². The number of aromatic amines is 1. The monoisotopic (exact) mass is 617 g/mol. The van der Waals surface area contributed by atoms with Crippen LogP contribution in [0.2, 0.25) is 5.02 Å². The van der Waals surface area contributed by atoms with Crippen LogP contribution in [0.1, 0.15) is 64.7 Å². The van der Waals surface area contributed by atoms with Crippen molar-refractivity contribution in [2.45, 2.75) is 44.9 Å². The van der Waals surface area contributed by atoms with E-state index in [0.29, 0.717) is 57.1 Å². The highest BCUT2D eigenvalue weighted by Crippen LogP contribution is 2.50. The predicted molar refractivity (Wildman–Crippen MR) is 173 cm³/mol. The third-order valence-corrected chi connectivity index (χ3v) is 8.96. The lowest BCUT2D eigenvalue weighted by Crippen LogP contribution is -2.15. The number of furan rings is 1. The lowest BCUT2D eigenvalue weighted by molar-refractivity contribution is 0.0965. The van der Waals surface area contributed by atoms with Crippen LogP contribution in [-0.2, 0) is 5.41 Å². The fraction of sp³-hybridized carbons (Fsp3) is 0.189. The number of carbonyl (C=O) groups excluding carboxylic acids is 2. The van der Waals surface area contributed by atoms with Crippen LogP contribution in [0.4, 0.5) is 4.39 Å². The zero-order valence-electron chi connectivity index (χ0n) is 24.8. The van der Waals surface area contributed by atoms with E-state index in [9.17, 15) is 14.0 Å². The fourth-order valence-corrected chi connectivity index (χ4v) is 6.04. The molecule has 0 unspecified atom stereocenters. The molecule has 0 bridgehead atoms. The molecule has 1 fully saturated rings. The Bertz CT molecular complexity index is 2090. The molecule has 2 heterocycles. The van der Waals surface area contributed by atoms with Crippen molar-refractivity contribution >= 4 is 34.1 Å². The van der Waals surface area contributed by atoms with E-state index in [-0.39, 0.29) is 22.8 Å². The van der Waals surface area contributed by atoms with Gasteiger partial charge in [0.05, 0.1) is 5.56 Å². The highest BCUT2D eigenvalue weighted by atomic mass is 35.5. The van der Waals surface area contributed by atoms with Gasteiger partial charge in [-0.15, -0.1) is 0 Å². The van der Waals surface area contributed by atoms with Gasteiger partial charge in [0.15, 0.2) is 17.4 Å². The molecule has 4 aromatic carbocycles. The van der Waals surface area contributed by atoms with E-state index in [1.54, 1.807) is 24.3 Å². The number of hydrogen-bond acceptors (Lipinski definition) is 5. The van der Waals surface area contributed by atoms with Gasteiger partial charge in [0.1, 0.15) is 23.0 Å². The summed E-state index contributed by atoms with van der Waals surface area (Å²) in [4.78, 5) is 31.6. The Hall–Kier alpha value is -4.88. The van der Waals surface area contributed by atoms with Crippen molar-refractivity contribution in [3.8, 4) is 33.8 Å². The van der Waals surface area contributed by atoms with Gasteiger partial charge >= 0.3 is 0 Å². The lowest BCUT2D eigenvalue weighted by Gasteiger charge is -2.13. The molecular weight excluding hydrogens is 589 g/mol. The molecule has 2 aromatic heterocycles. The van der Waals surface area contributed by atoms with Crippen LogP contribution in [0.5, 0.6) is 0 Å². The van der Waals surface area contributed by atoms with Crippen molar-refractivity contribution in [3.05, 3.63) is 118 Å². The van der Waals surface area contributed by atoms with Gasteiger partial charge < -0.3 is 4.42 Å². The summed E-state index contributed by atoms with van der Waals surface area (Å²) in [5.74, 6) is 1.34. The van der Waals surface area contributed by atoms with E-state index >= 15 is 0 Å². The summed E-state index contributed by atoms with van der Waals surface area (Å²) in [5.41, 5.74) is 5.57. The van der Waals surface area contributed by atoms with Crippen molar-refractivity contribution in [2.24, 2.45) is 0 Å². The average Bonchev–Trinajstić information content (AvgIpc) is 3.47. The molecule has 1 N–H and O–H groups in total. The average molecular weight is 618 g/mol. The molecule has 0 saturated heterocycles. The third kappa shape index (κ3) is 5.38. The number of H-pyrrole nitrogens is 1. The van der Waals surface area contributed by atoms with E-state index in [0.717, 1.165) is 40.9 Å². The topological polar surface area (TPSA) is 88.8 Å². The zero-order chi connectivity index (χ0) is 31.3. The Balaban J connectivity index is 1.20. The number of Topliss-reactive ketones (excluding diaryl/α,β-unsaturated/α-hetero) is 2. The maximum Gasteiger partial charge on any atom is 0.181 e. The van der Waals surface area contributed by atoms with Gasteiger partial charge in [-0.2, -0.15) is 5.10 Å². The Morgan fingerprint density at radius 2 is 1.62 bits per heavy atom. The smallest absolute Gasteiger partial charge is 0.181 e. The third-order valence-electron chi connectivity index (χ3n) is 8.71. The quantitative estimate of drug-likeness (QED) is 0.163. The predicted octanol–water partition coefficient (Wildman–Crippen LogP) is 9.55. The fourth-order valence-electron chi connectivity index (χ4n) is 5.91. The molecule has 7 rings (SSSR count). The van der Waals surface area contributed by atoms with Crippen LogP contribution < -0.4 is 0 Å². The summed E-state index contributed by atoms with van der Waals surface area (Å²) in [6.07, 6.45) is 2.33. The second-order valence-corrected chi connectivity index (χ2v) is 12.2. The summed E-state index contributed by atoms with van der Waals surface area (Å²) < 4.78 is 19.8. The molecule has 224 valence electrons. The van der Waals surface area contributed by atoms with Crippen LogP contribution in [0.15, 0.2) is 89.3 Å². The summed E-state index contributed by atoms with van der Waals surface area (Å²) in [6, 6.07) is 24.8. The molecule has 0 atom stereocenters. The van der Waals surface area contributed by atoms with Crippen molar-refractivity contribution in [3.63, 3.8) is 0 Å². The number of ketones is 2. The summed E-state index contributed by atoms with van der Waals surface area (Å²) >= 11 is 6.03. The zero-order valence-corrected chi connectivity index (χ0v) is 25.5. The molecule has 0 aliphatic heterocycles. The van der Waals surface area contributed by atoms with E-state index < -0.39 is 0 Å². The Morgan fingerprint density at radius 3 is 2.33 bits per heavy atom. The molecule has 8 heteroatoms. The number of nitrogens with zero attached hydrogens (tertiary/aromatic N) is 2. The Kier molecular flexibility index (Phi) is 7.21. The molecule has 1 aliphatic rings. The van der Waals surface area contributed by atoms with Gasteiger partial charge in [-0.05, 0) is 103 Å². The highest BCUT2D eigenvalue weighted by Gasteiger charge is 2.49. The normalized spacial score (nSPS) is 13.7. The number of hydrogen-bond donors (Lipinski definition) is 1.